The largest absolute Gasteiger partial charge is 0.0683 e. The second-order valence-electron chi connectivity index (χ2n) is 14.3. The fourth-order valence-corrected chi connectivity index (χ4v) is 7.61. The molecule has 0 fully saturated rings. The third-order valence-corrected chi connectivity index (χ3v) is 10.3. The maximum Gasteiger partial charge on any atom is -0.00135 e. The molecule has 0 saturated heterocycles. The van der Waals surface area contributed by atoms with Crippen molar-refractivity contribution in [3.8, 4) is 22.3 Å². The molecule has 0 spiro atoms. The van der Waals surface area contributed by atoms with Crippen LogP contribution < -0.4 is 0 Å². The van der Waals surface area contributed by atoms with Crippen LogP contribution in [0.15, 0.2) is 224 Å². The highest BCUT2D eigenvalue weighted by Gasteiger charge is 2.16. The van der Waals surface area contributed by atoms with Crippen molar-refractivity contribution in [1.82, 2.24) is 0 Å². The lowest BCUT2D eigenvalue weighted by Crippen LogP contribution is -1.88. The van der Waals surface area contributed by atoms with Gasteiger partial charge in [-0.25, -0.2) is 0 Å². The Hall–Kier alpha value is -6.76. The monoisotopic (exact) mass is 915 g/mol. The van der Waals surface area contributed by atoms with Gasteiger partial charge < -0.3 is 0 Å². The predicted molar refractivity (Wildman–Crippen MR) is 318 cm³/mol. The first-order valence-corrected chi connectivity index (χ1v) is 26.2. The van der Waals surface area contributed by atoms with Crippen molar-refractivity contribution in [3.05, 3.63) is 241 Å². The van der Waals surface area contributed by atoms with Crippen LogP contribution in [0.25, 0.3) is 65.3 Å². The summed E-state index contributed by atoms with van der Waals surface area (Å²) < 4.78 is 0. The topological polar surface area (TPSA) is 0 Å². The van der Waals surface area contributed by atoms with Gasteiger partial charge >= 0.3 is 0 Å². The van der Waals surface area contributed by atoms with E-state index in [-0.39, 0.29) is 0 Å². The van der Waals surface area contributed by atoms with Crippen LogP contribution in [0.4, 0.5) is 0 Å². The van der Waals surface area contributed by atoms with Gasteiger partial charge in [0.05, 0.1) is 0 Å². The minimum Gasteiger partial charge on any atom is -0.0683 e. The summed E-state index contributed by atoms with van der Waals surface area (Å²) in [5.74, 6) is 0. The van der Waals surface area contributed by atoms with Crippen molar-refractivity contribution in [2.75, 3.05) is 0 Å². The summed E-state index contributed by atoms with van der Waals surface area (Å²) in [5.41, 5.74) is 9.74. The first-order chi connectivity index (χ1) is 34.2. The van der Waals surface area contributed by atoms with Gasteiger partial charge in [-0.05, 0) is 95.4 Å². The molecule has 0 atom stereocenters. The summed E-state index contributed by atoms with van der Waals surface area (Å²) in [6.45, 7) is 30.5. The molecule has 0 amide bonds. The lowest BCUT2D eigenvalue weighted by Gasteiger charge is -2.15. The van der Waals surface area contributed by atoms with Crippen molar-refractivity contribution >= 4 is 43.1 Å². The molecule has 1 aliphatic carbocycles. The van der Waals surface area contributed by atoms with Gasteiger partial charge in [-0.1, -0.05) is 328 Å². The van der Waals surface area contributed by atoms with Crippen LogP contribution >= 0.6 is 0 Å². The number of hydrogen-bond acceptors (Lipinski definition) is 0. The quantitative estimate of drug-likeness (QED) is 0.144. The maximum absolute atomic E-state index is 2.23. The first-order valence-electron chi connectivity index (χ1n) is 26.2. The Labute approximate surface area is 421 Å². The Morgan fingerprint density at radius 2 is 0.507 bits per heavy atom. The van der Waals surface area contributed by atoms with E-state index >= 15 is 0 Å². The van der Waals surface area contributed by atoms with Crippen LogP contribution in [0.1, 0.15) is 120 Å². The molecule has 0 aromatic heterocycles. The maximum atomic E-state index is 2.23. The summed E-state index contributed by atoms with van der Waals surface area (Å²) in [6.07, 6.45) is 2.35. The predicted octanol–water partition coefficient (Wildman–Crippen LogP) is 22.5. The molecule has 0 saturated carbocycles. The molecule has 0 N–H and O–H groups in total. The molecule has 11 rings (SSSR count). The summed E-state index contributed by atoms with van der Waals surface area (Å²) in [4.78, 5) is 0. The van der Waals surface area contributed by atoms with Crippen LogP contribution in [0.2, 0.25) is 0 Å². The Balaban J connectivity index is 0.000000435. The third-order valence-electron chi connectivity index (χ3n) is 10.3. The van der Waals surface area contributed by atoms with Crippen LogP contribution in [0.3, 0.4) is 0 Å². The smallest absolute Gasteiger partial charge is 0.00135 e. The van der Waals surface area contributed by atoms with E-state index in [1.165, 1.54) is 88.5 Å². The Bertz CT molecular complexity index is 2530. The Kier molecular flexibility index (Phi) is 32.5. The average Bonchev–Trinajstić information content (AvgIpc) is 3.84. The van der Waals surface area contributed by atoms with Crippen LogP contribution in [-0.4, -0.2) is 0 Å². The van der Waals surface area contributed by atoms with E-state index in [4.69, 9.17) is 0 Å². The molecule has 0 heterocycles. The second-order valence-corrected chi connectivity index (χ2v) is 14.3. The summed E-state index contributed by atoms with van der Waals surface area (Å²) in [7, 11) is 0. The molecular weight excluding hydrogens is 829 g/mol. The van der Waals surface area contributed by atoms with Crippen molar-refractivity contribution < 1.29 is 0 Å². The van der Waals surface area contributed by atoms with E-state index in [2.05, 4.69) is 245 Å². The van der Waals surface area contributed by atoms with Crippen LogP contribution in [0, 0.1) is 6.92 Å². The minimum absolute atomic E-state index is 1.10. The molecule has 0 heteroatoms. The van der Waals surface area contributed by atoms with E-state index in [1.54, 1.807) is 0 Å². The lowest BCUT2D eigenvalue weighted by atomic mass is 9.89. The summed E-state index contributed by atoms with van der Waals surface area (Å²) >= 11 is 0. The van der Waals surface area contributed by atoms with Gasteiger partial charge in [0, 0.05) is 0 Å². The SMILES string of the molecule is CC.CC.CC.CC.CC.CC.CCC.Cc1c2ccccc2c(-c2ccccc2)c2ccccc12.c1ccc2c(c1)Cc1ccccc1-2.c1ccc2ccccc2c1.c1ccc2ccccc2c1. The van der Waals surface area contributed by atoms with Crippen molar-refractivity contribution in [2.24, 2.45) is 0 Å². The fraction of sp³-hybridized carbons (Fsp3) is 0.246. The molecule has 0 nitrogen and oxygen atoms in total. The van der Waals surface area contributed by atoms with Gasteiger partial charge in [-0.2, -0.15) is 0 Å². The van der Waals surface area contributed by atoms with Gasteiger partial charge in [-0.15, -0.1) is 0 Å². The lowest BCUT2D eigenvalue weighted by molar-refractivity contribution is 1.09. The zero-order valence-electron chi connectivity index (χ0n) is 45.3. The molecule has 0 radical (unpaired) electrons. The molecular formula is C69H86. The van der Waals surface area contributed by atoms with Gasteiger partial charge in [0.15, 0.2) is 0 Å². The fourth-order valence-electron chi connectivity index (χ4n) is 7.61. The standard InChI is InChI=1S/C21H16.C13H10.2C10H8.C3H8.6C2H6/c1-15-17-11-5-7-13-19(17)21(16-9-3-2-4-10-16)20-14-8-6-12-18(15)20;1-3-7-12-10(5-1)9-11-6-2-4-8-13(11)12;2*1-2-6-10-8-4-3-7-9(10)5-1;1-3-2;6*1-2/h2-14H,1H3;1-8H,9H2;2*1-8H;3H2,1-2H3;6*1-2H3. The number of benzene rings is 10. The molecule has 0 bridgehead atoms. The van der Waals surface area contributed by atoms with Crippen molar-refractivity contribution in [2.45, 2.75) is 117 Å². The number of fused-ring (bicyclic) bond motifs is 7. The van der Waals surface area contributed by atoms with E-state index in [9.17, 15) is 0 Å². The normalized spacial score (nSPS) is 9.38. The van der Waals surface area contributed by atoms with Gasteiger partial charge in [0.2, 0.25) is 0 Å². The van der Waals surface area contributed by atoms with Crippen LogP contribution in [0.5, 0.6) is 0 Å². The van der Waals surface area contributed by atoms with E-state index < -0.39 is 0 Å². The van der Waals surface area contributed by atoms with Gasteiger partial charge in [-0.3, -0.25) is 0 Å². The molecule has 1 aliphatic rings. The van der Waals surface area contributed by atoms with Crippen molar-refractivity contribution in [3.63, 3.8) is 0 Å². The van der Waals surface area contributed by atoms with Crippen LogP contribution in [-0.2, 0) is 6.42 Å². The average molecular weight is 915 g/mol. The zero-order chi connectivity index (χ0) is 51.2. The van der Waals surface area contributed by atoms with E-state index in [0.717, 1.165) is 6.42 Å². The molecule has 10 aromatic rings. The molecule has 10 aromatic carbocycles. The highest BCUT2D eigenvalue weighted by Crippen LogP contribution is 2.39. The second kappa shape index (κ2) is 37.2. The highest BCUT2D eigenvalue weighted by molar-refractivity contribution is 6.14. The number of hydrogen-bond donors (Lipinski definition) is 0. The minimum atomic E-state index is 1.10. The molecule has 0 unspecified atom stereocenters. The van der Waals surface area contributed by atoms with Crippen molar-refractivity contribution in [1.29, 1.82) is 0 Å². The van der Waals surface area contributed by atoms with Gasteiger partial charge in [0.1, 0.15) is 0 Å². The molecule has 69 heavy (non-hydrogen) atoms. The molecule has 362 valence electrons. The highest BCUT2D eigenvalue weighted by atomic mass is 14.2. The first kappa shape index (κ1) is 60.3. The number of rotatable bonds is 1. The Morgan fingerprint density at radius 1 is 0.275 bits per heavy atom. The van der Waals surface area contributed by atoms with E-state index in [1.807, 2.05) is 83.1 Å². The Morgan fingerprint density at radius 3 is 0.812 bits per heavy atom. The molecule has 0 aliphatic heterocycles. The summed E-state index contributed by atoms with van der Waals surface area (Å²) in [5, 5.41) is 10.6. The van der Waals surface area contributed by atoms with E-state index in [0.29, 0.717) is 0 Å². The van der Waals surface area contributed by atoms with Gasteiger partial charge in [0.25, 0.3) is 0 Å². The number of aryl methyl sites for hydroxylation is 1. The zero-order valence-corrected chi connectivity index (χ0v) is 45.3. The summed E-state index contributed by atoms with van der Waals surface area (Å²) in [6, 6.07) is 78.8. The third kappa shape index (κ3) is 18.0.